The van der Waals surface area contributed by atoms with Crippen LogP contribution in [0.15, 0.2) is 59.2 Å². The maximum Gasteiger partial charge on any atom is 0.0705 e. The summed E-state index contributed by atoms with van der Waals surface area (Å²) in [4.78, 5) is 4.78. The molecule has 0 unspecified atom stereocenters. The minimum atomic E-state index is 0.191. The van der Waals surface area contributed by atoms with E-state index < -0.39 is 0 Å². The third-order valence-electron chi connectivity index (χ3n) is 4.57. The second-order valence-electron chi connectivity index (χ2n) is 6.31. The first-order valence-corrected chi connectivity index (χ1v) is 7.22. The Morgan fingerprint density at radius 3 is 2.45 bits per heavy atom. The number of fused-ring (bicyclic) bond motifs is 1. The monoisotopic (exact) mass is 263 g/mol. The summed E-state index contributed by atoms with van der Waals surface area (Å²) in [6.45, 7) is 9.04. The number of hydrogen-bond acceptors (Lipinski definition) is 1. The van der Waals surface area contributed by atoms with Crippen molar-refractivity contribution in [1.82, 2.24) is 4.98 Å². The fourth-order valence-corrected chi connectivity index (χ4v) is 2.96. The molecule has 2 aromatic rings. The number of rotatable bonds is 2. The van der Waals surface area contributed by atoms with Crippen molar-refractivity contribution in [2.24, 2.45) is 5.41 Å². The van der Waals surface area contributed by atoms with Gasteiger partial charge in [-0.2, -0.15) is 0 Å². The van der Waals surface area contributed by atoms with Gasteiger partial charge in [0.1, 0.15) is 0 Å². The van der Waals surface area contributed by atoms with Crippen LogP contribution >= 0.6 is 0 Å². The van der Waals surface area contributed by atoms with Gasteiger partial charge in [-0.15, -0.1) is 0 Å². The van der Waals surface area contributed by atoms with E-state index in [1.165, 1.54) is 22.1 Å². The molecule has 0 radical (unpaired) electrons. The predicted octanol–water partition coefficient (Wildman–Crippen LogP) is 5.08. The molecule has 0 N–H and O–H groups in total. The van der Waals surface area contributed by atoms with Gasteiger partial charge in [-0.3, -0.25) is 4.98 Å². The quantitative estimate of drug-likeness (QED) is 0.736. The van der Waals surface area contributed by atoms with Crippen LogP contribution in [0, 0.1) is 5.41 Å². The largest absolute Gasteiger partial charge is 0.252 e. The van der Waals surface area contributed by atoms with E-state index in [4.69, 9.17) is 4.98 Å². The lowest BCUT2D eigenvalue weighted by Gasteiger charge is -2.17. The van der Waals surface area contributed by atoms with E-state index in [9.17, 15) is 0 Å². The molecule has 0 saturated heterocycles. The molecule has 1 heterocycles. The highest BCUT2D eigenvalue weighted by atomic mass is 14.7. The number of aromatic nitrogens is 1. The molecule has 0 spiro atoms. The maximum absolute atomic E-state index is 4.78. The summed E-state index contributed by atoms with van der Waals surface area (Å²) in [5, 5.41) is 1.21. The van der Waals surface area contributed by atoms with E-state index in [0.717, 1.165) is 17.6 Å². The van der Waals surface area contributed by atoms with Crippen molar-refractivity contribution in [3.05, 3.63) is 64.9 Å². The smallest absolute Gasteiger partial charge is 0.0705 e. The van der Waals surface area contributed by atoms with Crippen molar-refractivity contribution in [1.29, 1.82) is 0 Å². The van der Waals surface area contributed by atoms with Gasteiger partial charge < -0.3 is 0 Å². The molecule has 1 heteroatoms. The highest BCUT2D eigenvalue weighted by Crippen LogP contribution is 2.41. The van der Waals surface area contributed by atoms with Gasteiger partial charge in [-0.1, -0.05) is 49.8 Å². The van der Waals surface area contributed by atoms with Gasteiger partial charge >= 0.3 is 0 Å². The Kier molecular flexibility index (Phi) is 3.01. The highest BCUT2D eigenvalue weighted by molar-refractivity contribution is 5.78. The zero-order chi connectivity index (χ0) is 14.3. The molecule has 0 bridgehead atoms. The SMILES string of the molecule is CC1=C(C)C(C)(C)C=C1Cc1ccc2ccccc2n1. The van der Waals surface area contributed by atoms with Crippen LogP contribution in [0.3, 0.4) is 0 Å². The summed E-state index contributed by atoms with van der Waals surface area (Å²) in [7, 11) is 0. The normalized spacial score (nSPS) is 17.7. The number of allylic oxidation sites excluding steroid dienone is 4. The Morgan fingerprint density at radius 1 is 1.00 bits per heavy atom. The number of pyridine rings is 1. The molecule has 1 aromatic carbocycles. The lowest BCUT2D eigenvalue weighted by Crippen LogP contribution is -2.05. The molecule has 102 valence electrons. The molecule has 3 rings (SSSR count). The van der Waals surface area contributed by atoms with Crippen molar-refractivity contribution in [2.75, 3.05) is 0 Å². The summed E-state index contributed by atoms with van der Waals surface area (Å²) in [6, 6.07) is 12.6. The first-order chi connectivity index (χ1) is 9.47. The summed E-state index contributed by atoms with van der Waals surface area (Å²) < 4.78 is 0. The van der Waals surface area contributed by atoms with Crippen LogP contribution in [0.25, 0.3) is 10.9 Å². The minimum absolute atomic E-state index is 0.191. The van der Waals surface area contributed by atoms with Crippen molar-refractivity contribution in [3.63, 3.8) is 0 Å². The van der Waals surface area contributed by atoms with Gasteiger partial charge in [0, 0.05) is 22.9 Å². The number of benzene rings is 1. The molecule has 1 nitrogen and oxygen atoms in total. The average molecular weight is 263 g/mol. The van der Waals surface area contributed by atoms with Crippen LogP contribution in [0.2, 0.25) is 0 Å². The first-order valence-electron chi connectivity index (χ1n) is 7.22. The Labute approximate surface area is 121 Å². The molecule has 0 fully saturated rings. The Hall–Kier alpha value is -1.89. The van der Waals surface area contributed by atoms with E-state index in [0.29, 0.717) is 0 Å². The topological polar surface area (TPSA) is 12.9 Å². The van der Waals surface area contributed by atoms with Gasteiger partial charge in [0.2, 0.25) is 0 Å². The van der Waals surface area contributed by atoms with Crippen LogP contribution < -0.4 is 0 Å². The first kappa shape index (κ1) is 13.1. The van der Waals surface area contributed by atoms with Crippen molar-refractivity contribution in [2.45, 2.75) is 34.1 Å². The second-order valence-corrected chi connectivity index (χ2v) is 6.31. The summed E-state index contributed by atoms with van der Waals surface area (Å²) >= 11 is 0. The Morgan fingerprint density at radius 2 is 1.75 bits per heavy atom. The Balaban J connectivity index is 1.95. The molecular weight excluding hydrogens is 242 g/mol. The summed E-state index contributed by atoms with van der Waals surface area (Å²) in [5.41, 5.74) is 6.77. The van der Waals surface area contributed by atoms with Crippen molar-refractivity contribution in [3.8, 4) is 0 Å². The Bertz CT molecular complexity index is 732. The molecule has 0 atom stereocenters. The summed E-state index contributed by atoms with van der Waals surface area (Å²) in [6.07, 6.45) is 3.33. The number of para-hydroxylation sites is 1. The van der Waals surface area contributed by atoms with Crippen LogP contribution in [0.5, 0.6) is 0 Å². The average Bonchev–Trinajstić information content (AvgIpc) is 2.62. The number of hydrogen-bond donors (Lipinski definition) is 0. The van der Waals surface area contributed by atoms with E-state index in [2.05, 4.69) is 64.1 Å². The molecule has 0 saturated carbocycles. The third kappa shape index (κ3) is 2.18. The molecule has 0 amide bonds. The second kappa shape index (κ2) is 4.59. The van der Waals surface area contributed by atoms with Crippen LogP contribution in [-0.2, 0) is 6.42 Å². The van der Waals surface area contributed by atoms with Crippen molar-refractivity contribution < 1.29 is 0 Å². The fourth-order valence-electron chi connectivity index (χ4n) is 2.96. The standard InChI is InChI=1S/C19H21N/c1-13-14(2)19(3,4)12-16(13)11-17-10-9-15-7-5-6-8-18(15)20-17/h5-10,12H,11H2,1-4H3. The van der Waals surface area contributed by atoms with E-state index in [1.54, 1.807) is 0 Å². The minimum Gasteiger partial charge on any atom is -0.252 e. The van der Waals surface area contributed by atoms with Gasteiger partial charge in [-0.05, 0) is 37.1 Å². The molecule has 1 aliphatic rings. The van der Waals surface area contributed by atoms with Crippen LogP contribution in [0.4, 0.5) is 0 Å². The lowest BCUT2D eigenvalue weighted by atomic mass is 9.88. The number of nitrogens with zero attached hydrogens (tertiary/aromatic N) is 1. The molecule has 1 aromatic heterocycles. The highest BCUT2D eigenvalue weighted by Gasteiger charge is 2.27. The van der Waals surface area contributed by atoms with E-state index in [1.807, 2.05) is 6.07 Å². The molecular formula is C19H21N. The maximum atomic E-state index is 4.78. The van der Waals surface area contributed by atoms with Crippen LogP contribution in [0.1, 0.15) is 33.4 Å². The zero-order valence-corrected chi connectivity index (χ0v) is 12.7. The fraction of sp³-hybridized carbons (Fsp3) is 0.316. The van der Waals surface area contributed by atoms with Gasteiger partial charge in [0.25, 0.3) is 0 Å². The lowest BCUT2D eigenvalue weighted by molar-refractivity contribution is 0.587. The van der Waals surface area contributed by atoms with E-state index >= 15 is 0 Å². The third-order valence-corrected chi connectivity index (χ3v) is 4.57. The summed E-state index contributed by atoms with van der Waals surface area (Å²) in [5.74, 6) is 0. The predicted molar refractivity (Wildman–Crippen MR) is 85.7 cm³/mol. The zero-order valence-electron chi connectivity index (χ0n) is 12.7. The molecule has 0 aliphatic heterocycles. The van der Waals surface area contributed by atoms with E-state index in [-0.39, 0.29) is 5.41 Å². The van der Waals surface area contributed by atoms with Gasteiger partial charge in [0.15, 0.2) is 0 Å². The van der Waals surface area contributed by atoms with Crippen LogP contribution in [-0.4, -0.2) is 4.98 Å². The molecule has 20 heavy (non-hydrogen) atoms. The van der Waals surface area contributed by atoms with Gasteiger partial charge in [-0.25, -0.2) is 0 Å². The molecule has 1 aliphatic carbocycles. The van der Waals surface area contributed by atoms with Gasteiger partial charge in [0.05, 0.1) is 5.52 Å². The van der Waals surface area contributed by atoms with Crippen molar-refractivity contribution >= 4 is 10.9 Å².